The van der Waals surface area contributed by atoms with Crippen molar-refractivity contribution < 1.29 is 0 Å². The molecule has 2 rings (SSSR count). The van der Waals surface area contributed by atoms with Gasteiger partial charge in [-0.25, -0.2) is 0 Å². The Morgan fingerprint density at radius 1 is 1.21 bits per heavy atom. The van der Waals surface area contributed by atoms with E-state index in [9.17, 15) is 0 Å². The maximum absolute atomic E-state index is 5.04. The highest BCUT2D eigenvalue weighted by Gasteiger charge is 2.56. The van der Waals surface area contributed by atoms with Crippen molar-refractivity contribution in [3.63, 3.8) is 0 Å². The van der Waals surface area contributed by atoms with Crippen molar-refractivity contribution in [2.45, 2.75) is 63.9 Å². The summed E-state index contributed by atoms with van der Waals surface area (Å²) in [6, 6.07) is 1.46. The van der Waals surface area contributed by atoms with Crippen LogP contribution in [0.15, 0.2) is 0 Å². The molecular weight excluding hydrogens is 190 g/mol. The van der Waals surface area contributed by atoms with Crippen LogP contribution in [0.2, 0.25) is 0 Å². The van der Waals surface area contributed by atoms with Crippen molar-refractivity contribution in [3.8, 4) is 0 Å². The van der Waals surface area contributed by atoms with Gasteiger partial charge in [0, 0.05) is 12.1 Å². The van der Waals surface area contributed by atoms with E-state index in [2.05, 4.69) is 32.6 Å². The van der Waals surface area contributed by atoms with Gasteiger partial charge in [0.25, 0.3) is 0 Å². The summed E-state index contributed by atoms with van der Waals surface area (Å²) in [6.07, 6.45) is 4.19. The number of hydrogen-bond donors (Lipinski definition) is 1. The van der Waals surface area contributed by atoms with Crippen LogP contribution >= 0.6 is 12.6 Å². The number of rotatable bonds is 2. The Hall–Kier alpha value is 0.310. The second-order valence-corrected chi connectivity index (χ2v) is 6.32. The minimum Gasteiger partial charge on any atom is -0.283 e. The average Bonchev–Trinajstić information content (AvgIpc) is 2.61. The average molecular weight is 213 g/mol. The Bertz CT molecular complexity index is 226. The molecule has 2 heteroatoms. The van der Waals surface area contributed by atoms with Crippen LogP contribution < -0.4 is 0 Å². The third-order valence-corrected chi connectivity index (χ3v) is 5.33. The Balaban J connectivity index is 2.29. The fourth-order valence-corrected chi connectivity index (χ4v) is 4.33. The molecule has 1 aliphatic carbocycles. The highest BCUT2D eigenvalue weighted by molar-refractivity contribution is 7.81. The Labute approximate surface area is 93.7 Å². The third kappa shape index (κ3) is 1.26. The van der Waals surface area contributed by atoms with Crippen molar-refractivity contribution in [2.24, 2.45) is 11.8 Å². The van der Waals surface area contributed by atoms with Gasteiger partial charge in [-0.2, -0.15) is 12.6 Å². The molecule has 3 unspecified atom stereocenters. The maximum atomic E-state index is 5.04. The summed E-state index contributed by atoms with van der Waals surface area (Å²) < 4.78 is 0. The fourth-order valence-electron chi connectivity index (χ4n) is 3.70. The van der Waals surface area contributed by atoms with Crippen LogP contribution in [-0.2, 0) is 0 Å². The van der Waals surface area contributed by atoms with Crippen LogP contribution in [0.3, 0.4) is 0 Å². The molecule has 14 heavy (non-hydrogen) atoms. The van der Waals surface area contributed by atoms with E-state index in [1.807, 2.05) is 0 Å². The number of thiol groups is 1. The molecule has 0 spiro atoms. The SMILES string of the molecule is CC(C)N1C2CCC(C2)C1(S)C(C)C. The first-order chi connectivity index (χ1) is 6.48. The van der Waals surface area contributed by atoms with Crippen LogP contribution in [-0.4, -0.2) is 21.9 Å². The highest BCUT2D eigenvalue weighted by atomic mass is 32.1. The molecule has 2 bridgehead atoms. The van der Waals surface area contributed by atoms with Crippen molar-refractivity contribution in [3.05, 3.63) is 0 Å². The predicted molar refractivity (Wildman–Crippen MR) is 64.7 cm³/mol. The molecule has 1 heterocycles. The standard InChI is InChI=1S/C12H23NS/c1-8(2)12(14)10-5-6-11(7-10)13(12)9(3)4/h8-11,14H,5-7H2,1-4H3. The smallest absolute Gasteiger partial charge is 0.0697 e. The van der Waals surface area contributed by atoms with Crippen LogP contribution in [0.5, 0.6) is 0 Å². The fraction of sp³-hybridized carbons (Fsp3) is 1.00. The van der Waals surface area contributed by atoms with Gasteiger partial charge in [-0.3, -0.25) is 4.90 Å². The first-order valence-electron chi connectivity index (χ1n) is 5.98. The normalized spacial score (nSPS) is 43.1. The van der Waals surface area contributed by atoms with E-state index >= 15 is 0 Å². The number of likely N-dealkylation sites (tertiary alicyclic amines) is 1. The van der Waals surface area contributed by atoms with E-state index in [0.717, 1.165) is 12.0 Å². The zero-order valence-electron chi connectivity index (χ0n) is 9.83. The van der Waals surface area contributed by atoms with Gasteiger partial charge in [-0.15, -0.1) is 0 Å². The molecule has 0 radical (unpaired) electrons. The number of fused-ring (bicyclic) bond motifs is 2. The molecule has 0 amide bonds. The molecule has 0 aromatic heterocycles. The first-order valence-corrected chi connectivity index (χ1v) is 6.43. The van der Waals surface area contributed by atoms with Crippen molar-refractivity contribution >= 4 is 12.6 Å². The molecular formula is C12H23NS. The monoisotopic (exact) mass is 213 g/mol. The number of nitrogens with zero attached hydrogens (tertiary/aromatic N) is 1. The van der Waals surface area contributed by atoms with Gasteiger partial charge in [0.1, 0.15) is 0 Å². The van der Waals surface area contributed by atoms with Crippen LogP contribution in [0, 0.1) is 11.8 Å². The lowest BCUT2D eigenvalue weighted by molar-refractivity contribution is 0.0489. The Morgan fingerprint density at radius 2 is 1.86 bits per heavy atom. The molecule has 82 valence electrons. The molecule has 2 fully saturated rings. The molecule has 3 atom stereocenters. The molecule has 1 saturated heterocycles. The maximum Gasteiger partial charge on any atom is 0.0697 e. The summed E-state index contributed by atoms with van der Waals surface area (Å²) in [7, 11) is 0. The summed E-state index contributed by atoms with van der Waals surface area (Å²) in [4.78, 5) is 2.85. The third-order valence-electron chi connectivity index (χ3n) is 4.22. The van der Waals surface area contributed by atoms with E-state index in [1.165, 1.54) is 19.3 Å². The second-order valence-electron chi connectivity index (χ2n) is 5.60. The lowest BCUT2D eigenvalue weighted by Gasteiger charge is -2.48. The minimum absolute atomic E-state index is 0.178. The largest absolute Gasteiger partial charge is 0.283 e. The lowest BCUT2D eigenvalue weighted by atomic mass is 9.88. The number of hydrogen-bond acceptors (Lipinski definition) is 2. The predicted octanol–water partition coefficient (Wildman–Crippen LogP) is 3.16. The van der Waals surface area contributed by atoms with E-state index in [-0.39, 0.29) is 4.87 Å². The quantitative estimate of drug-likeness (QED) is 0.690. The molecule has 0 N–H and O–H groups in total. The van der Waals surface area contributed by atoms with Gasteiger partial charge in [-0.1, -0.05) is 13.8 Å². The van der Waals surface area contributed by atoms with Crippen molar-refractivity contribution in [2.75, 3.05) is 0 Å². The van der Waals surface area contributed by atoms with Crippen LogP contribution in [0.4, 0.5) is 0 Å². The molecule has 0 aromatic rings. The van der Waals surface area contributed by atoms with Gasteiger partial charge in [-0.05, 0) is 44.9 Å². The molecule has 1 saturated carbocycles. The molecule has 1 nitrogen and oxygen atoms in total. The minimum atomic E-state index is 0.178. The lowest BCUT2D eigenvalue weighted by Crippen LogP contribution is -2.55. The van der Waals surface area contributed by atoms with Gasteiger partial charge >= 0.3 is 0 Å². The van der Waals surface area contributed by atoms with Crippen LogP contribution in [0.25, 0.3) is 0 Å². The molecule has 2 aliphatic rings. The van der Waals surface area contributed by atoms with Gasteiger partial charge < -0.3 is 0 Å². The summed E-state index contributed by atoms with van der Waals surface area (Å²) in [6.45, 7) is 9.27. The Kier molecular flexibility index (Phi) is 2.64. The van der Waals surface area contributed by atoms with Gasteiger partial charge in [0.15, 0.2) is 0 Å². The Morgan fingerprint density at radius 3 is 2.29 bits per heavy atom. The summed E-state index contributed by atoms with van der Waals surface area (Å²) >= 11 is 5.04. The zero-order chi connectivity index (χ0) is 10.5. The molecule has 0 aromatic carbocycles. The summed E-state index contributed by atoms with van der Waals surface area (Å²) in [5.74, 6) is 1.49. The highest BCUT2D eigenvalue weighted by Crippen LogP contribution is 2.55. The number of piperidine rings is 1. The van der Waals surface area contributed by atoms with E-state index in [1.54, 1.807) is 0 Å². The second kappa shape index (κ2) is 3.41. The zero-order valence-corrected chi connectivity index (χ0v) is 10.7. The van der Waals surface area contributed by atoms with Gasteiger partial charge in [0.05, 0.1) is 4.87 Å². The van der Waals surface area contributed by atoms with Crippen molar-refractivity contribution in [1.82, 2.24) is 4.90 Å². The van der Waals surface area contributed by atoms with Gasteiger partial charge in [0.2, 0.25) is 0 Å². The first kappa shape index (κ1) is 10.8. The van der Waals surface area contributed by atoms with Crippen molar-refractivity contribution in [1.29, 1.82) is 0 Å². The van der Waals surface area contributed by atoms with E-state index in [4.69, 9.17) is 12.6 Å². The van der Waals surface area contributed by atoms with E-state index in [0.29, 0.717) is 12.0 Å². The van der Waals surface area contributed by atoms with Crippen LogP contribution in [0.1, 0.15) is 47.0 Å². The molecule has 1 aliphatic heterocycles. The summed E-state index contributed by atoms with van der Waals surface area (Å²) in [5, 5.41) is 0. The summed E-state index contributed by atoms with van der Waals surface area (Å²) in [5.41, 5.74) is 0. The van der Waals surface area contributed by atoms with E-state index < -0.39 is 0 Å². The topological polar surface area (TPSA) is 3.24 Å².